The van der Waals surface area contributed by atoms with Gasteiger partial charge >= 0.3 is 6.09 Å². The summed E-state index contributed by atoms with van der Waals surface area (Å²) in [6, 6.07) is 9.82. The second kappa shape index (κ2) is 4.40. The topological polar surface area (TPSA) is 29.5 Å². The molecular weight excluding hydrogens is 214 g/mol. The van der Waals surface area contributed by atoms with E-state index in [0.717, 1.165) is 30.5 Å². The van der Waals surface area contributed by atoms with Crippen LogP contribution in [0, 0.1) is 11.8 Å². The lowest BCUT2D eigenvalue weighted by molar-refractivity contribution is 0.103. The number of ether oxygens (including phenoxy) is 1. The Kier molecular flexibility index (Phi) is 2.75. The molecule has 2 aliphatic rings. The van der Waals surface area contributed by atoms with Crippen molar-refractivity contribution in [3.8, 4) is 0 Å². The Labute approximate surface area is 101 Å². The van der Waals surface area contributed by atoms with Gasteiger partial charge in [-0.3, -0.25) is 0 Å². The van der Waals surface area contributed by atoms with E-state index >= 15 is 0 Å². The highest BCUT2D eigenvalue weighted by Gasteiger charge is 2.41. The van der Waals surface area contributed by atoms with Crippen molar-refractivity contribution in [1.82, 2.24) is 4.90 Å². The Morgan fingerprint density at radius 3 is 2.41 bits per heavy atom. The third-order valence-corrected chi connectivity index (χ3v) is 3.95. The number of carbonyl (C=O) groups excluding carboxylic acids is 1. The second-order valence-electron chi connectivity index (χ2n) is 5.04. The number of hydrogen-bond donors (Lipinski definition) is 0. The molecule has 2 unspecified atom stereocenters. The van der Waals surface area contributed by atoms with Gasteiger partial charge in [0, 0.05) is 13.1 Å². The quantitative estimate of drug-likeness (QED) is 0.783. The van der Waals surface area contributed by atoms with Crippen molar-refractivity contribution < 1.29 is 9.53 Å². The molecule has 2 atom stereocenters. The monoisotopic (exact) mass is 231 g/mol. The molecule has 1 saturated carbocycles. The number of likely N-dealkylation sites (tertiary alicyclic amines) is 1. The van der Waals surface area contributed by atoms with Crippen LogP contribution in [0.4, 0.5) is 4.79 Å². The van der Waals surface area contributed by atoms with Crippen molar-refractivity contribution in [2.45, 2.75) is 19.4 Å². The van der Waals surface area contributed by atoms with Crippen LogP contribution in [0.25, 0.3) is 0 Å². The minimum absolute atomic E-state index is 0.150. The van der Waals surface area contributed by atoms with Crippen LogP contribution < -0.4 is 0 Å². The summed E-state index contributed by atoms with van der Waals surface area (Å²) in [5, 5.41) is 0. The maximum atomic E-state index is 11.8. The van der Waals surface area contributed by atoms with E-state index in [9.17, 15) is 4.79 Å². The lowest BCUT2D eigenvalue weighted by atomic mass is 9.77. The summed E-state index contributed by atoms with van der Waals surface area (Å²) in [6.07, 6.45) is 2.42. The van der Waals surface area contributed by atoms with Crippen LogP contribution in [0.15, 0.2) is 30.3 Å². The zero-order valence-electron chi connectivity index (χ0n) is 9.84. The van der Waals surface area contributed by atoms with Crippen LogP contribution in [0.3, 0.4) is 0 Å². The number of fused-ring (bicyclic) bond motifs is 1. The second-order valence-corrected chi connectivity index (χ2v) is 5.04. The van der Waals surface area contributed by atoms with Gasteiger partial charge in [0.1, 0.15) is 6.61 Å². The SMILES string of the molecule is O=C(OCc1ccccc1)N1CC2CCC2C1. The van der Waals surface area contributed by atoms with Crippen LogP contribution in [-0.4, -0.2) is 24.1 Å². The summed E-state index contributed by atoms with van der Waals surface area (Å²) in [5.41, 5.74) is 1.04. The molecule has 1 aromatic carbocycles. The summed E-state index contributed by atoms with van der Waals surface area (Å²) >= 11 is 0. The standard InChI is InChI=1S/C14H17NO2/c16-14(15-8-12-6-7-13(12)9-15)17-10-11-4-2-1-3-5-11/h1-5,12-13H,6-10H2. The van der Waals surface area contributed by atoms with Crippen LogP contribution in [0.5, 0.6) is 0 Å². The zero-order chi connectivity index (χ0) is 11.7. The van der Waals surface area contributed by atoms with E-state index in [1.54, 1.807) is 0 Å². The van der Waals surface area contributed by atoms with Crippen molar-refractivity contribution in [1.29, 1.82) is 0 Å². The molecule has 0 radical (unpaired) electrons. The highest BCUT2D eigenvalue weighted by atomic mass is 16.6. The van der Waals surface area contributed by atoms with Crippen molar-refractivity contribution >= 4 is 6.09 Å². The molecule has 1 aliphatic heterocycles. The van der Waals surface area contributed by atoms with Gasteiger partial charge in [0.15, 0.2) is 0 Å². The molecule has 1 heterocycles. The van der Waals surface area contributed by atoms with E-state index in [0.29, 0.717) is 6.61 Å². The van der Waals surface area contributed by atoms with Gasteiger partial charge in [0.2, 0.25) is 0 Å². The Hall–Kier alpha value is -1.51. The first-order valence-electron chi connectivity index (χ1n) is 6.28. The summed E-state index contributed by atoms with van der Waals surface area (Å²) in [7, 11) is 0. The Morgan fingerprint density at radius 2 is 1.82 bits per heavy atom. The van der Waals surface area contributed by atoms with Gasteiger partial charge < -0.3 is 9.64 Å². The predicted molar refractivity (Wildman–Crippen MR) is 64.4 cm³/mol. The minimum atomic E-state index is -0.150. The van der Waals surface area contributed by atoms with E-state index < -0.39 is 0 Å². The molecule has 90 valence electrons. The fourth-order valence-corrected chi connectivity index (χ4v) is 2.72. The smallest absolute Gasteiger partial charge is 0.410 e. The molecule has 0 aromatic heterocycles. The van der Waals surface area contributed by atoms with Crippen molar-refractivity contribution in [2.75, 3.05) is 13.1 Å². The van der Waals surface area contributed by atoms with E-state index in [4.69, 9.17) is 4.74 Å². The normalized spacial score (nSPS) is 26.2. The van der Waals surface area contributed by atoms with E-state index in [-0.39, 0.29) is 6.09 Å². The molecule has 3 rings (SSSR count). The van der Waals surface area contributed by atoms with Crippen LogP contribution in [0.2, 0.25) is 0 Å². The number of hydrogen-bond acceptors (Lipinski definition) is 2. The summed E-state index contributed by atoms with van der Waals surface area (Å²) in [6.45, 7) is 2.18. The molecule has 1 saturated heterocycles. The van der Waals surface area contributed by atoms with Gasteiger partial charge in [-0.05, 0) is 30.2 Å². The van der Waals surface area contributed by atoms with Gasteiger partial charge in [-0.25, -0.2) is 4.79 Å². The highest BCUT2D eigenvalue weighted by molar-refractivity contribution is 5.68. The molecule has 17 heavy (non-hydrogen) atoms. The van der Waals surface area contributed by atoms with Crippen molar-refractivity contribution in [3.05, 3.63) is 35.9 Å². The summed E-state index contributed by atoms with van der Waals surface area (Å²) in [4.78, 5) is 13.7. The average molecular weight is 231 g/mol. The maximum Gasteiger partial charge on any atom is 0.410 e. The molecule has 3 heteroatoms. The van der Waals surface area contributed by atoms with Gasteiger partial charge in [0.05, 0.1) is 0 Å². The van der Waals surface area contributed by atoms with E-state index in [2.05, 4.69) is 0 Å². The fourth-order valence-electron chi connectivity index (χ4n) is 2.72. The minimum Gasteiger partial charge on any atom is -0.445 e. The molecule has 3 nitrogen and oxygen atoms in total. The third-order valence-electron chi connectivity index (χ3n) is 3.95. The lowest BCUT2D eigenvalue weighted by Gasteiger charge is -2.27. The first-order chi connectivity index (χ1) is 8.33. The molecule has 0 spiro atoms. The predicted octanol–water partition coefficient (Wildman–Crippen LogP) is 2.67. The van der Waals surface area contributed by atoms with Crippen LogP contribution in [-0.2, 0) is 11.3 Å². The van der Waals surface area contributed by atoms with Crippen molar-refractivity contribution in [3.63, 3.8) is 0 Å². The number of amides is 1. The fraction of sp³-hybridized carbons (Fsp3) is 0.500. The Morgan fingerprint density at radius 1 is 1.18 bits per heavy atom. The number of carbonyl (C=O) groups is 1. The maximum absolute atomic E-state index is 11.8. The number of rotatable bonds is 2. The highest BCUT2D eigenvalue weighted by Crippen LogP contribution is 2.40. The molecule has 0 N–H and O–H groups in total. The Balaban J connectivity index is 1.51. The van der Waals surface area contributed by atoms with Crippen LogP contribution >= 0.6 is 0 Å². The molecule has 2 fully saturated rings. The average Bonchev–Trinajstić information content (AvgIpc) is 2.64. The number of nitrogens with zero attached hydrogens (tertiary/aromatic N) is 1. The van der Waals surface area contributed by atoms with Gasteiger partial charge in [-0.2, -0.15) is 0 Å². The Bertz CT molecular complexity index is 392. The largest absolute Gasteiger partial charge is 0.445 e. The molecule has 1 amide bonds. The molecule has 0 bridgehead atoms. The van der Waals surface area contributed by atoms with E-state index in [1.807, 2.05) is 35.2 Å². The summed E-state index contributed by atoms with van der Waals surface area (Å²) in [5.74, 6) is 1.50. The van der Waals surface area contributed by atoms with Crippen molar-refractivity contribution in [2.24, 2.45) is 11.8 Å². The third kappa shape index (κ3) is 2.14. The first-order valence-corrected chi connectivity index (χ1v) is 6.28. The van der Waals surface area contributed by atoms with E-state index in [1.165, 1.54) is 12.8 Å². The van der Waals surface area contributed by atoms with Gasteiger partial charge in [-0.1, -0.05) is 30.3 Å². The number of benzene rings is 1. The molecule has 1 aromatic rings. The van der Waals surface area contributed by atoms with Crippen LogP contribution in [0.1, 0.15) is 18.4 Å². The molecule has 1 aliphatic carbocycles. The van der Waals surface area contributed by atoms with Gasteiger partial charge in [-0.15, -0.1) is 0 Å². The molecular formula is C14H17NO2. The summed E-state index contributed by atoms with van der Waals surface area (Å²) < 4.78 is 5.32. The van der Waals surface area contributed by atoms with Gasteiger partial charge in [0.25, 0.3) is 0 Å². The lowest BCUT2D eigenvalue weighted by Crippen LogP contribution is -2.29. The zero-order valence-corrected chi connectivity index (χ0v) is 9.84. The first kappa shape index (κ1) is 10.6.